The van der Waals surface area contributed by atoms with Crippen LogP contribution in [0.2, 0.25) is 0 Å². The Morgan fingerprint density at radius 1 is 1.50 bits per heavy atom. The smallest absolute Gasteiger partial charge is 0.335 e. The number of carboxylic acids is 1. The Balaban J connectivity index is 0.00000147. The topological polar surface area (TPSA) is 64.3 Å². The first-order chi connectivity index (χ1) is 9.15. The second kappa shape index (κ2) is 5.54. The van der Waals surface area contributed by atoms with Gasteiger partial charge in [0.1, 0.15) is 11.9 Å². The van der Waals surface area contributed by atoms with Crippen molar-refractivity contribution in [3.8, 4) is 5.75 Å². The van der Waals surface area contributed by atoms with Crippen LogP contribution in [0.4, 0.5) is 0 Å². The van der Waals surface area contributed by atoms with E-state index in [1.165, 1.54) is 0 Å². The number of fused-ring (bicyclic) bond motifs is 1. The highest BCUT2D eigenvalue weighted by atomic mass is 35.5. The van der Waals surface area contributed by atoms with Crippen molar-refractivity contribution in [2.45, 2.75) is 25.5 Å². The van der Waals surface area contributed by atoms with E-state index in [1.807, 2.05) is 17.7 Å². The summed E-state index contributed by atoms with van der Waals surface area (Å²) in [4.78, 5) is 15.1. The molecule has 0 unspecified atom stereocenters. The molecule has 3 rings (SSSR count). The second-order valence-electron chi connectivity index (χ2n) is 4.73. The number of benzene rings is 1. The fourth-order valence-electron chi connectivity index (χ4n) is 2.47. The van der Waals surface area contributed by atoms with Gasteiger partial charge in [-0.1, -0.05) is 0 Å². The molecule has 0 amide bonds. The average molecular weight is 295 g/mol. The molecule has 2 atom stereocenters. The number of hydrogen-bond donors (Lipinski definition) is 1. The van der Waals surface area contributed by atoms with Crippen molar-refractivity contribution in [1.82, 2.24) is 9.55 Å². The van der Waals surface area contributed by atoms with Crippen LogP contribution in [0.5, 0.6) is 5.75 Å². The number of carboxylic acid groups (broad SMARTS) is 1. The third-order valence-electron chi connectivity index (χ3n) is 3.50. The number of ether oxygens (including phenoxy) is 1. The molecule has 1 aromatic carbocycles. The molecule has 1 aromatic heterocycles. The van der Waals surface area contributed by atoms with E-state index in [9.17, 15) is 4.79 Å². The molecule has 0 radical (unpaired) electrons. The highest BCUT2D eigenvalue weighted by molar-refractivity contribution is 5.88. The standard InChI is InChI=1S/C14H14N2O3.ClH/c1-9-12(16-5-4-15-8-16)7-11-6-10(14(17)18)2-3-13(11)19-9;/h2-6,8-9,12H,7H2,1H3,(H,17,18);1H/t9-,12-;/m0./s1. The van der Waals surface area contributed by atoms with E-state index in [2.05, 4.69) is 4.98 Å². The SMILES string of the molecule is C[C@@H]1Oc2ccc(C(=O)O)cc2C[C@@H]1n1ccnc1.Cl. The molecular weight excluding hydrogens is 280 g/mol. The van der Waals surface area contributed by atoms with Gasteiger partial charge in [0.05, 0.1) is 17.9 Å². The molecule has 5 nitrogen and oxygen atoms in total. The lowest BCUT2D eigenvalue weighted by Gasteiger charge is -2.32. The van der Waals surface area contributed by atoms with Gasteiger partial charge in [-0.15, -0.1) is 12.4 Å². The maximum Gasteiger partial charge on any atom is 0.335 e. The molecule has 0 saturated heterocycles. The molecule has 20 heavy (non-hydrogen) atoms. The Morgan fingerprint density at radius 2 is 2.30 bits per heavy atom. The number of imidazole rings is 1. The van der Waals surface area contributed by atoms with Crippen LogP contribution in [0.25, 0.3) is 0 Å². The van der Waals surface area contributed by atoms with Gasteiger partial charge in [-0.2, -0.15) is 0 Å². The fraction of sp³-hybridized carbons (Fsp3) is 0.286. The summed E-state index contributed by atoms with van der Waals surface area (Å²) in [7, 11) is 0. The largest absolute Gasteiger partial charge is 0.488 e. The zero-order valence-electron chi connectivity index (χ0n) is 10.9. The van der Waals surface area contributed by atoms with Crippen LogP contribution < -0.4 is 4.74 Å². The van der Waals surface area contributed by atoms with Gasteiger partial charge in [0.15, 0.2) is 0 Å². The Labute approximate surface area is 122 Å². The van der Waals surface area contributed by atoms with Crippen LogP contribution in [-0.4, -0.2) is 26.7 Å². The van der Waals surface area contributed by atoms with Crippen molar-refractivity contribution < 1.29 is 14.6 Å². The summed E-state index contributed by atoms with van der Waals surface area (Å²) in [5.41, 5.74) is 1.22. The maximum absolute atomic E-state index is 11.0. The van der Waals surface area contributed by atoms with Gasteiger partial charge in [-0.3, -0.25) is 0 Å². The summed E-state index contributed by atoms with van der Waals surface area (Å²) in [6.45, 7) is 2.01. The lowest BCUT2D eigenvalue weighted by Crippen LogP contribution is -2.32. The summed E-state index contributed by atoms with van der Waals surface area (Å²) < 4.78 is 7.86. The van der Waals surface area contributed by atoms with Crippen molar-refractivity contribution in [3.05, 3.63) is 48.0 Å². The van der Waals surface area contributed by atoms with E-state index >= 15 is 0 Å². The minimum absolute atomic E-state index is 0. The molecule has 2 aromatic rings. The van der Waals surface area contributed by atoms with Gasteiger partial charge in [0, 0.05) is 18.8 Å². The van der Waals surface area contributed by atoms with Crippen LogP contribution in [-0.2, 0) is 6.42 Å². The van der Waals surface area contributed by atoms with Crippen molar-refractivity contribution in [3.63, 3.8) is 0 Å². The third-order valence-corrected chi connectivity index (χ3v) is 3.50. The third kappa shape index (κ3) is 2.49. The molecule has 0 fully saturated rings. The van der Waals surface area contributed by atoms with Crippen LogP contribution in [0.3, 0.4) is 0 Å². The van der Waals surface area contributed by atoms with Crippen molar-refractivity contribution >= 4 is 18.4 Å². The predicted octanol–water partition coefficient (Wildman–Crippen LogP) is 2.57. The number of rotatable bonds is 2. The molecule has 106 valence electrons. The van der Waals surface area contributed by atoms with Gasteiger partial charge < -0.3 is 14.4 Å². The lowest BCUT2D eigenvalue weighted by molar-refractivity contribution is 0.0696. The monoisotopic (exact) mass is 294 g/mol. The summed E-state index contributed by atoms with van der Waals surface area (Å²) in [5, 5.41) is 9.03. The number of hydrogen-bond acceptors (Lipinski definition) is 3. The number of carbonyl (C=O) groups is 1. The predicted molar refractivity (Wildman–Crippen MR) is 75.7 cm³/mol. The summed E-state index contributed by atoms with van der Waals surface area (Å²) in [5.74, 6) is -0.144. The highest BCUT2D eigenvalue weighted by Gasteiger charge is 2.28. The minimum Gasteiger partial charge on any atom is -0.488 e. The molecule has 1 aliphatic rings. The van der Waals surface area contributed by atoms with Gasteiger partial charge in [-0.25, -0.2) is 9.78 Å². The highest BCUT2D eigenvalue weighted by Crippen LogP contribution is 2.33. The zero-order chi connectivity index (χ0) is 13.4. The van der Waals surface area contributed by atoms with Gasteiger partial charge in [0.2, 0.25) is 0 Å². The second-order valence-corrected chi connectivity index (χ2v) is 4.73. The van der Waals surface area contributed by atoms with E-state index in [4.69, 9.17) is 9.84 Å². The number of aromatic carboxylic acids is 1. The van der Waals surface area contributed by atoms with Gasteiger partial charge >= 0.3 is 5.97 Å². The first kappa shape index (κ1) is 14.4. The summed E-state index contributed by atoms with van der Waals surface area (Å²) in [6, 6.07) is 5.14. The average Bonchev–Trinajstić information content (AvgIpc) is 2.91. The van der Waals surface area contributed by atoms with Crippen molar-refractivity contribution in [1.29, 1.82) is 0 Å². The van der Waals surface area contributed by atoms with E-state index in [-0.39, 0.29) is 24.6 Å². The van der Waals surface area contributed by atoms with Crippen molar-refractivity contribution in [2.24, 2.45) is 0 Å². The molecule has 1 N–H and O–H groups in total. The molecule has 1 aliphatic heterocycles. The first-order valence-corrected chi connectivity index (χ1v) is 6.15. The summed E-state index contributed by atoms with van der Waals surface area (Å²) in [6.07, 6.45) is 6.16. The molecule has 2 heterocycles. The minimum atomic E-state index is -0.916. The Morgan fingerprint density at radius 3 is 2.95 bits per heavy atom. The fourth-order valence-corrected chi connectivity index (χ4v) is 2.47. The molecule has 6 heteroatoms. The quantitative estimate of drug-likeness (QED) is 0.924. The number of aromatic nitrogens is 2. The zero-order valence-corrected chi connectivity index (χ0v) is 11.7. The molecular formula is C14H15ClN2O3. The van der Waals surface area contributed by atoms with E-state index in [0.717, 1.165) is 17.7 Å². The molecule has 0 saturated carbocycles. The number of halogens is 1. The van der Waals surface area contributed by atoms with Crippen molar-refractivity contribution in [2.75, 3.05) is 0 Å². The summed E-state index contributed by atoms with van der Waals surface area (Å²) >= 11 is 0. The van der Waals surface area contributed by atoms with E-state index in [1.54, 1.807) is 30.7 Å². The van der Waals surface area contributed by atoms with Crippen LogP contribution in [0.1, 0.15) is 28.9 Å². The Bertz CT molecular complexity index is 613. The molecule has 0 aliphatic carbocycles. The van der Waals surface area contributed by atoms with Crippen LogP contribution in [0.15, 0.2) is 36.9 Å². The van der Waals surface area contributed by atoms with E-state index < -0.39 is 5.97 Å². The molecule has 0 spiro atoms. The normalized spacial score (nSPS) is 20.4. The first-order valence-electron chi connectivity index (χ1n) is 6.15. The lowest BCUT2D eigenvalue weighted by atomic mass is 9.96. The van der Waals surface area contributed by atoms with Gasteiger partial charge in [-0.05, 0) is 30.7 Å². The Hall–Kier alpha value is -2.01. The van der Waals surface area contributed by atoms with Crippen LogP contribution >= 0.6 is 12.4 Å². The number of nitrogens with zero attached hydrogens (tertiary/aromatic N) is 2. The van der Waals surface area contributed by atoms with Crippen LogP contribution in [0, 0.1) is 0 Å². The van der Waals surface area contributed by atoms with E-state index in [0.29, 0.717) is 5.56 Å². The Kier molecular flexibility index (Phi) is 3.99. The van der Waals surface area contributed by atoms with Gasteiger partial charge in [0.25, 0.3) is 0 Å². The molecule has 0 bridgehead atoms. The maximum atomic E-state index is 11.0.